The summed E-state index contributed by atoms with van der Waals surface area (Å²) in [7, 11) is 0. The van der Waals surface area contributed by atoms with Gasteiger partial charge in [0.1, 0.15) is 0 Å². The van der Waals surface area contributed by atoms with E-state index in [1.165, 1.54) is 0 Å². The zero-order chi connectivity index (χ0) is 18.5. The van der Waals surface area contributed by atoms with Crippen molar-refractivity contribution in [3.63, 3.8) is 0 Å². The number of hydrogen-bond acceptors (Lipinski definition) is 4. The molecule has 0 aliphatic heterocycles. The van der Waals surface area contributed by atoms with E-state index in [-0.39, 0.29) is 10.8 Å². The van der Waals surface area contributed by atoms with Gasteiger partial charge in [-0.05, 0) is 49.5 Å². The van der Waals surface area contributed by atoms with Crippen LogP contribution in [-0.2, 0) is 0 Å². The van der Waals surface area contributed by atoms with Gasteiger partial charge in [0.2, 0.25) is 0 Å². The number of nitrogens with zero attached hydrogens (tertiary/aromatic N) is 3. The highest BCUT2D eigenvalue weighted by molar-refractivity contribution is 7.80. The fourth-order valence-electron chi connectivity index (χ4n) is 2.25. The number of hydrogen-bond donors (Lipinski definition) is 3. The van der Waals surface area contributed by atoms with Gasteiger partial charge >= 0.3 is 0 Å². The Balaban J connectivity index is 1.62. The van der Waals surface area contributed by atoms with Crippen LogP contribution in [0.25, 0.3) is 5.69 Å². The second-order valence-corrected chi connectivity index (χ2v) is 6.16. The van der Waals surface area contributed by atoms with Crippen LogP contribution in [0.15, 0.2) is 54.6 Å². The highest BCUT2D eigenvalue weighted by Crippen LogP contribution is 2.14. The van der Waals surface area contributed by atoms with Crippen LogP contribution in [0.2, 0.25) is 5.02 Å². The summed E-state index contributed by atoms with van der Waals surface area (Å²) >= 11 is 11.1. The number of carbonyl (C=O) groups excluding carboxylic acids is 1. The third-order valence-electron chi connectivity index (χ3n) is 3.48. The molecule has 2 aromatic carbocycles. The summed E-state index contributed by atoms with van der Waals surface area (Å²) in [6, 6.07) is 16.5. The molecule has 1 heterocycles. The summed E-state index contributed by atoms with van der Waals surface area (Å²) in [4.78, 5) is 12.3. The van der Waals surface area contributed by atoms with Crippen molar-refractivity contribution in [2.24, 2.45) is 0 Å². The van der Waals surface area contributed by atoms with E-state index in [2.05, 4.69) is 26.5 Å². The lowest BCUT2D eigenvalue weighted by atomic mass is 10.3. The van der Waals surface area contributed by atoms with E-state index in [1.807, 2.05) is 30.3 Å². The third-order valence-corrected chi connectivity index (χ3v) is 3.92. The van der Waals surface area contributed by atoms with Crippen molar-refractivity contribution in [2.45, 2.75) is 6.92 Å². The number of hydrazine groups is 1. The highest BCUT2D eigenvalue weighted by Gasteiger charge is 2.17. The fourth-order valence-corrected chi connectivity index (χ4v) is 2.61. The van der Waals surface area contributed by atoms with Crippen LogP contribution in [0.5, 0.6) is 0 Å². The Morgan fingerprint density at radius 1 is 1.12 bits per heavy atom. The molecular formula is C17H15ClN6OS. The topological polar surface area (TPSA) is 83.9 Å². The molecule has 0 bridgehead atoms. The van der Waals surface area contributed by atoms with E-state index in [1.54, 1.807) is 35.9 Å². The number of para-hydroxylation sites is 1. The maximum atomic E-state index is 12.3. The minimum atomic E-state index is -0.445. The summed E-state index contributed by atoms with van der Waals surface area (Å²) in [5, 5.41) is 11.7. The number of aromatic nitrogens is 3. The lowest BCUT2D eigenvalue weighted by Gasteiger charge is -2.11. The zero-order valence-electron chi connectivity index (χ0n) is 13.7. The largest absolute Gasteiger partial charge is 0.331 e. The van der Waals surface area contributed by atoms with Gasteiger partial charge in [0.25, 0.3) is 5.91 Å². The number of benzene rings is 2. The number of nitrogens with one attached hydrogen (secondary N) is 3. The lowest BCUT2D eigenvalue weighted by Crippen LogP contribution is -2.44. The second kappa shape index (κ2) is 7.94. The zero-order valence-corrected chi connectivity index (χ0v) is 15.3. The van der Waals surface area contributed by atoms with E-state index < -0.39 is 5.91 Å². The molecule has 1 amide bonds. The number of anilines is 1. The summed E-state index contributed by atoms with van der Waals surface area (Å²) in [5.74, 6) is -0.445. The summed E-state index contributed by atoms with van der Waals surface area (Å²) < 4.78 is 1.59. The molecule has 132 valence electrons. The van der Waals surface area contributed by atoms with Crippen molar-refractivity contribution in [3.8, 4) is 5.69 Å². The molecule has 3 aromatic rings. The van der Waals surface area contributed by atoms with Crippen LogP contribution < -0.4 is 16.2 Å². The monoisotopic (exact) mass is 386 g/mol. The smallest absolute Gasteiger partial charge is 0.292 e. The van der Waals surface area contributed by atoms with Gasteiger partial charge in [0.05, 0.1) is 11.4 Å². The van der Waals surface area contributed by atoms with Gasteiger partial charge < -0.3 is 5.32 Å². The molecule has 9 heteroatoms. The Kier molecular flexibility index (Phi) is 5.45. The molecule has 26 heavy (non-hydrogen) atoms. The predicted molar refractivity (Wildman–Crippen MR) is 104 cm³/mol. The number of rotatable bonds is 3. The van der Waals surface area contributed by atoms with Gasteiger partial charge in [0, 0.05) is 10.7 Å². The van der Waals surface area contributed by atoms with Gasteiger partial charge in [-0.25, -0.2) is 4.68 Å². The average Bonchev–Trinajstić information content (AvgIpc) is 3.02. The van der Waals surface area contributed by atoms with Crippen molar-refractivity contribution in [1.29, 1.82) is 0 Å². The molecule has 0 saturated carbocycles. The summed E-state index contributed by atoms with van der Waals surface area (Å²) in [6.45, 7) is 1.77. The van der Waals surface area contributed by atoms with Gasteiger partial charge in [0.15, 0.2) is 10.8 Å². The van der Waals surface area contributed by atoms with Crippen molar-refractivity contribution < 1.29 is 4.79 Å². The minimum Gasteiger partial charge on any atom is -0.331 e. The van der Waals surface area contributed by atoms with Crippen LogP contribution >= 0.6 is 23.8 Å². The first-order valence-corrected chi connectivity index (χ1v) is 8.44. The SMILES string of the molecule is Cc1c(C(=O)NNC(=S)Nc2cccc(Cl)c2)nnn1-c1ccccc1. The van der Waals surface area contributed by atoms with E-state index in [0.29, 0.717) is 16.4 Å². The third kappa shape index (κ3) is 4.16. The maximum Gasteiger partial charge on any atom is 0.292 e. The van der Waals surface area contributed by atoms with Gasteiger partial charge in [-0.3, -0.25) is 15.6 Å². The number of halogens is 1. The Bertz CT molecular complexity index is 943. The van der Waals surface area contributed by atoms with E-state index in [0.717, 1.165) is 5.69 Å². The molecule has 0 aliphatic rings. The lowest BCUT2D eigenvalue weighted by molar-refractivity contribution is 0.0938. The molecule has 0 saturated heterocycles. The molecule has 7 nitrogen and oxygen atoms in total. The van der Waals surface area contributed by atoms with E-state index in [9.17, 15) is 4.79 Å². The second-order valence-electron chi connectivity index (χ2n) is 5.31. The molecule has 0 radical (unpaired) electrons. The summed E-state index contributed by atoms with van der Waals surface area (Å²) in [5.41, 5.74) is 7.47. The molecular weight excluding hydrogens is 372 g/mol. The first kappa shape index (κ1) is 17.8. The molecule has 0 aliphatic carbocycles. The first-order valence-electron chi connectivity index (χ1n) is 7.65. The predicted octanol–water partition coefficient (Wildman–Crippen LogP) is 2.86. The van der Waals surface area contributed by atoms with Gasteiger partial charge in [-0.15, -0.1) is 5.10 Å². The first-order chi connectivity index (χ1) is 12.5. The highest BCUT2D eigenvalue weighted by atomic mass is 35.5. The van der Waals surface area contributed by atoms with Gasteiger partial charge in [-0.2, -0.15) is 0 Å². The fraction of sp³-hybridized carbons (Fsp3) is 0.0588. The van der Waals surface area contributed by atoms with Crippen LogP contribution in [-0.4, -0.2) is 26.0 Å². The Morgan fingerprint density at radius 3 is 2.62 bits per heavy atom. The van der Waals surface area contributed by atoms with Crippen LogP contribution in [0, 0.1) is 6.92 Å². The normalized spacial score (nSPS) is 10.2. The number of thiocarbonyl (C=S) groups is 1. The van der Waals surface area contributed by atoms with Crippen molar-refractivity contribution in [1.82, 2.24) is 25.8 Å². The standard InChI is InChI=1S/C17H15ClN6OS/c1-11-15(20-23-24(11)14-8-3-2-4-9-14)16(25)21-22-17(26)19-13-7-5-6-12(18)10-13/h2-10H,1H3,(H,21,25)(H2,19,22,26). The van der Waals surface area contributed by atoms with Gasteiger partial charge in [-0.1, -0.05) is 41.1 Å². The number of amides is 1. The van der Waals surface area contributed by atoms with E-state index in [4.69, 9.17) is 23.8 Å². The molecule has 1 aromatic heterocycles. The van der Waals surface area contributed by atoms with E-state index >= 15 is 0 Å². The summed E-state index contributed by atoms with van der Waals surface area (Å²) in [6.07, 6.45) is 0. The van der Waals surface area contributed by atoms with Crippen molar-refractivity contribution >= 4 is 40.5 Å². The van der Waals surface area contributed by atoms with Crippen LogP contribution in [0.3, 0.4) is 0 Å². The average molecular weight is 387 g/mol. The minimum absolute atomic E-state index is 0.201. The molecule has 0 fully saturated rings. The molecule has 0 unspecified atom stereocenters. The maximum absolute atomic E-state index is 12.3. The van der Waals surface area contributed by atoms with Crippen molar-refractivity contribution in [3.05, 3.63) is 71.0 Å². The quantitative estimate of drug-likeness (QED) is 0.474. The molecule has 3 rings (SSSR count). The van der Waals surface area contributed by atoms with Crippen molar-refractivity contribution in [2.75, 3.05) is 5.32 Å². The molecule has 3 N–H and O–H groups in total. The number of carbonyl (C=O) groups is 1. The Morgan fingerprint density at radius 2 is 1.88 bits per heavy atom. The molecule has 0 atom stereocenters. The Hall–Kier alpha value is -2.97. The van der Waals surface area contributed by atoms with Crippen LogP contribution in [0.1, 0.15) is 16.2 Å². The van der Waals surface area contributed by atoms with Crippen LogP contribution in [0.4, 0.5) is 5.69 Å². The Labute approximate surface area is 160 Å². The molecule has 0 spiro atoms.